The molecule has 1 aliphatic heterocycles. The minimum atomic E-state index is -3.75. The molecule has 0 aliphatic carbocycles. The average Bonchev–Trinajstić information content (AvgIpc) is 2.78. The van der Waals surface area contributed by atoms with Gasteiger partial charge < -0.3 is 5.32 Å². The Balaban J connectivity index is 1.63. The van der Waals surface area contributed by atoms with E-state index in [0.29, 0.717) is 19.0 Å². The van der Waals surface area contributed by atoms with Crippen molar-refractivity contribution in [3.63, 3.8) is 0 Å². The van der Waals surface area contributed by atoms with Crippen molar-refractivity contribution in [3.05, 3.63) is 59.9 Å². The van der Waals surface area contributed by atoms with Gasteiger partial charge in [-0.25, -0.2) is 12.8 Å². The van der Waals surface area contributed by atoms with Crippen LogP contribution < -0.4 is 5.32 Å². The maximum Gasteiger partial charge on any atom is 0.243 e. The van der Waals surface area contributed by atoms with Crippen LogP contribution >= 0.6 is 0 Å². The maximum atomic E-state index is 13.5. The topological polar surface area (TPSA) is 69.7 Å². The summed E-state index contributed by atoms with van der Waals surface area (Å²) in [6.07, 6.45) is 0.976. The Morgan fingerprint density at radius 2 is 1.74 bits per heavy atom. The Kier molecular flexibility index (Phi) is 7.46. The second-order valence-corrected chi connectivity index (χ2v) is 9.90. The third kappa shape index (κ3) is 5.31. The fourth-order valence-electron chi connectivity index (χ4n) is 3.77. The molecule has 2 aromatic rings. The first-order valence-corrected chi connectivity index (χ1v) is 12.1. The Labute approximate surface area is 184 Å². The van der Waals surface area contributed by atoms with Gasteiger partial charge in [0, 0.05) is 31.9 Å². The normalized spacial score (nSPS) is 17.8. The lowest BCUT2D eigenvalue weighted by Crippen LogP contribution is -2.53. The van der Waals surface area contributed by atoms with Crippen LogP contribution in [0.1, 0.15) is 38.7 Å². The van der Waals surface area contributed by atoms with E-state index in [4.69, 9.17) is 0 Å². The molecule has 1 amide bonds. The number of amides is 1. The number of sulfonamides is 1. The lowest BCUT2D eigenvalue weighted by Gasteiger charge is -2.36. The fraction of sp³-hybridized carbons (Fsp3) is 0.435. The van der Waals surface area contributed by atoms with E-state index < -0.39 is 21.9 Å². The molecule has 1 saturated heterocycles. The molecule has 2 atom stereocenters. The van der Waals surface area contributed by atoms with E-state index in [9.17, 15) is 17.6 Å². The van der Waals surface area contributed by atoms with Gasteiger partial charge in [-0.1, -0.05) is 38.1 Å². The number of benzene rings is 2. The standard InChI is InChI=1S/C23H30FN3O3S/c1-4-17(2)21-10-5-6-11-22(21)25-23(28)18(3)26-12-14-27(15-13-26)31(29,30)20-9-7-8-19(24)16-20/h5-11,16-18H,4,12-15H2,1-3H3,(H,25,28)/t17-,18+/m0/s1. The van der Waals surface area contributed by atoms with Crippen LogP contribution in [0.2, 0.25) is 0 Å². The predicted molar refractivity (Wildman–Crippen MR) is 120 cm³/mol. The van der Waals surface area contributed by atoms with Crippen LogP contribution in [-0.2, 0) is 14.8 Å². The van der Waals surface area contributed by atoms with Crippen LogP contribution in [0.5, 0.6) is 0 Å². The number of piperazine rings is 1. The van der Waals surface area contributed by atoms with Crippen LogP contribution in [0, 0.1) is 5.82 Å². The highest BCUT2D eigenvalue weighted by atomic mass is 32.2. The average molecular weight is 448 g/mol. The summed E-state index contributed by atoms with van der Waals surface area (Å²) < 4.78 is 40.4. The second kappa shape index (κ2) is 9.89. The monoisotopic (exact) mass is 447 g/mol. The van der Waals surface area contributed by atoms with Crippen LogP contribution in [0.15, 0.2) is 53.4 Å². The summed E-state index contributed by atoms with van der Waals surface area (Å²) in [5, 5.41) is 3.04. The highest BCUT2D eigenvalue weighted by Crippen LogP contribution is 2.27. The molecule has 1 aliphatic rings. The molecule has 1 heterocycles. The number of anilines is 1. The largest absolute Gasteiger partial charge is 0.324 e. The van der Waals surface area contributed by atoms with Crippen molar-refractivity contribution in [1.82, 2.24) is 9.21 Å². The highest BCUT2D eigenvalue weighted by Gasteiger charge is 2.32. The van der Waals surface area contributed by atoms with Crippen molar-refractivity contribution in [3.8, 4) is 0 Å². The molecule has 0 saturated carbocycles. The first kappa shape index (κ1) is 23.4. The zero-order chi connectivity index (χ0) is 22.6. The van der Waals surface area contributed by atoms with Crippen molar-refractivity contribution in [1.29, 1.82) is 0 Å². The van der Waals surface area contributed by atoms with Gasteiger partial charge in [-0.05, 0) is 49.1 Å². The first-order chi connectivity index (χ1) is 14.7. The van der Waals surface area contributed by atoms with Crippen molar-refractivity contribution >= 4 is 21.6 Å². The van der Waals surface area contributed by atoms with Gasteiger partial charge in [0.05, 0.1) is 10.9 Å². The van der Waals surface area contributed by atoms with Gasteiger partial charge in [0.1, 0.15) is 5.82 Å². The van der Waals surface area contributed by atoms with E-state index >= 15 is 0 Å². The van der Waals surface area contributed by atoms with E-state index in [2.05, 4.69) is 19.2 Å². The second-order valence-electron chi connectivity index (χ2n) is 7.96. The molecule has 8 heteroatoms. The van der Waals surface area contributed by atoms with Crippen molar-refractivity contribution in [2.75, 3.05) is 31.5 Å². The summed E-state index contributed by atoms with van der Waals surface area (Å²) in [5.41, 5.74) is 1.93. The van der Waals surface area contributed by atoms with Gasteiger partial charge in [0.15, 0.2) is 0 Å². The van der Waals surface area contributed by atoms with Gasteiger partial charge in [0.25, 0.3) is 0 Å². The van der Waals surface area contributed by atoms with E-state index in [1.807, 2.05) is 36.1 Å². The van der Waals surface area contributed by atoms with Crippen molar-refractivity contribution in [2.24, 2.45) is 0 Å². The molecule has 0 aromatic heterocycles. The van der Waals surface area contributed by atoms with Crippen LogP contribution in [0.4, 0.5) is 10.1 Å². The smallest absolute Gasteiger partial charge is 0.243 e. The number of halogens is 1. The molecule has 0 unspecified atom stereocenters. The quantitative estimate of drug-likeness (QED) is 0.703. The van der Waals surface area contributed by atoms with Crippen LogP contribution in [0.25, 0.3) is 0 Å². The summed E-state index contributed by atoms with van der Waals surface area (Å²) >= 11 is 0. The summed E-state index contributed by atoms with van der Waals surface area (Å²) in [6.45, 7) is 7.43. The minimum absolute atomic E-state index is 0.0478. The summed E-state index contributed by atoms with van der Waals surface area (Å²) in [5.74, 6) is -0.358. The predicted octanol–water partition coefficient (Wildman–Crippen LogP) is 3.67. The molecule has 168 valence electrons. The number of carbonyl (C=O) groups is 1. The van der Waals surface area contributed by atoms with E-state index in [1.165, 1.54) is 22.5 Å². The fourth-order valence-corrected chi connectivity index (χ4v) is 5.23. The molecule has 2 aromatic carbocycles. The highest BCUT2D eigenvalue weighted by molar-refractivity contribution is 7.89. The molecule has 1 fully saturated rings. The SMILES string of the molecule is CC[C@H](C)c1ccccc1NC(=O)[C@@H](C)N1CCN(S(=O)(=O)c2cccc(F)c2)CC1. The number of nitrogens with zero attached hydrogens (tertiary/aromatic N) is 2. The summed E-state index contributed by atoms with van der Waals surface area (Å²) in [7, 11) is -3.75. The van der Waals surface area contributed by atoms with Crippen LogP contribution in [0.3, 0.4) is 0 Å². The van der Waals surface area contributed by atoms with Gasteiger partial charge in [-0.3, -0.25) is 9.69 Å². The third-order valence-electron chi connectivity index (χ3n) is 6.00. The van der Waals surface area contributed by atoms with Crippen molar-refractivity contribution in [2.45, 2.75) is 44.0 Å². The van der Waals surface area contributed by atoms with Gasteiger partial charge in [-0.15, -0.1) is 0 Å². The molecular formula is C23H30FN3O3S. The molecule has 3 rings (SSSR count). The maximum absolute atomic E-state index is 13.5. The summed E-state index contributed by atoms with van der Waals surface area (Å²) in [4.78, 5) is 14.8. The number of carbonyl (C=O) groups excluding carboxylic acids is 1. The Bertz CT molecular complexity index is 1020. The number of para-hydroxylation sites is 1. The molecule has 0 radical (unpaired) electrons. The zero-order valence-electron chi connectivity index (χ0n) is 18.2. The lowest BCUT2D eigenvalue weighted by molar-refractivity contribution is -0.121. The van der Waals surface area contributed by atoms with E-state index in [0.717, 1.165) is 23.7 Å². The third-order valence-corrected chi connectivity index (χ3v) is 7.89. The van der Waals surface area contributed by atoms with E-state index in [1.54, 1.807) is 0 Å². The number of hydrogen-bond donors (Lipinski definition) is 1. The van der Waals surface area contributed by atoms with Gasteiger partial charge in [0.2, 0.25) is 15.9 Å². The summed E-state index contributed by atoms with van der Waals surface area (Å²) in [6, 6.07) is 12.5. The molecular weight excluding hydrogens is 417 g/mol. The van der Waals surface area contributed by atoms with Gasteiger partial charge in [-0.2, -0.15) is 4.31 Å². The number of hydrogen-bond acceptors (Lipinski definition) is 4. The molecule has 6 nitrogen and oxygen atoms in total. The zero-order valence-corrected chi connectivity index (χ0v) is 19.0. The number of rotatable bonds is 7. The Morgan fingerprint density at radius 1 is 1.06 bits per heavy atom. The molecule has 31 heavy (non-hydrogen) atoms. The molecule has 0 spiro atoms. The number of nitrogens with one attached hydrogen (secondary N) is 1. The minimum Gasteiger partial charge on any atom is -0.324 e. The molecule has 0 bridgehead atoms. The van der Waals surface area contributed by atoms with Gasteiger partial charge >= 0.3 is 0 Å². The Morgan fingerprint density at radius 3 is 2.39 bits per heavy atom. The van der Waals surface area contributed by atoms with E-state index in [-0.39, 0.29) is 23.9 Å². The van der Waals surface area contributed by atoms with Crippen LogP contribution in [-0.4, -0.2) is 55.8 Å². The first-order valence-electron chi connectivity index (χ1n) is 10.6. The Hall–Kier alpha value is -2.29. The lowest BCUT2D eigenvalue weighted by atomic mass is 9.97. The molecule has 1 N–H and O–H groups in total. The van der Waals surface area contributed by atoms with Crippen molar-refractivity contribution < 1.29 is 17.6 Å².